The van der Waals surface area contributed by atoms with Crippen molar-refractivity contribution in [1.29, 1.82) is 0 Å². The van der Waals surface area contributed by atoms with Gasteiger partial charge in [-0.15, -0.1) is 0 Å². The second-order valence-electron chi connectivity index (χ2n) is 17.3. The number of rotatable bonds is 48. The number of aliphatic hydroxyl groups is 1. The molecule has 0 aromatic carbocycles. The second-order valence-corrected chi connectivity index (χ2v) is 18.8. The van der Waals surface area contributed by atoms with Crippen molar-refractivity contribution in [1.82, 2.24) is 0 Å². The number of aliphatic hydroxyl groups excluding tert-OH is 1. The van der Waals surface area contributed by atoms with Crippen molar-refractivity contribution in [2.24, 2.45) is 0 Å². The van der Waals surface area contributed by atoms with Crippen LogP contribution in [0.3, 0.4) is 0 Å². The van der Waals surface area contributed by atoms with Crippen LogP contribution in [-0.2, 0) is 42.2 Å². The van der Waals surface area contributed by atoms with Crippen LogP contribution in [0.4, 0.5) is 0 Å². The zero-order chi connectivity index (χ0) is 48.4. The van der Waals surface area contributed by atoms with Crippen molar-refractivity contribution in [3.05, 3.63) is 60.8 Å². The highest BCUT2D eigenvalue weighted by atomic mass is 31.2. The first-order chi connectivity index (χ1) is 32.2. The Hall–Kier alpha value is -2.82. The van der Waals surface area contributed by atoms with Crippen LogP contribution < -0.4 is 0 Å². The Morgan fingerprint density at radius 1 is 0.439 bits per heavy atom. The van der Waals surface area contributed by atoms with E-state index in [0.717, 1.165) is 103 Å². The van der Waals surface area contributed by atoms with Crippen LogP contribution in [0, 0.1) is 0 Å². The molecule has 12 heteroatoms. The molecule has 3 unspecified atom stereocenters. The Morgan fingerprint density at radius 2 is 0.818 bits per heavy atom. The lowest BCUT2D eigenvalue weighted by Crippen LogP contribution is -2.30. The van der Waals surface area contributed by atoms with Crippen LogP contribution in [0.2, 0.25) is 0 Å². The molecule has 0 aliphatic heterocycles. The molecule has 11 nitrogen and oxygen atoms in total. The van der Waals surface area contributed by atoms with Crippen molar-refractivity contribution in [3.8, 4) is 0 Å². The largest absolute Gasteiger partial charge is 0.472 e. The number of carbonyl (C=O) groups is 3. The van der Waals surface area contributed by atoms with E-state index in [9.17, 15) is 28.9 Å². The lowest BCUT2D eigenvalue weighted by Gasteiger charge is -2.21. The summed E-state index contributed by atoms with van der Waals surface area (Å²) < 4.78 is 39.3. The number of hydrogen-bond acceptors (Lipinski definition) is 10. The molecule has 0 aliphatic carbocycles. The average Bonchev–Trinajstić information content (AvgIpc) is 3.30. The van der Waals surface area contributed by atoms with Gasteiger partial charge in [-0.05, 0) is 77.0 Å². The first-order valence-corrected chi connectivity index (χ1v) is 27.7. The molecule has 0 saturated heterocycles. The van der Waals surface area contributed by atoms with Gasteiger partial charge in [0.15, 0.2) is 6.10 Å². The molecular formula is C54H95O11P. The third-order valence-corrected chi connectivity index (χ3v) is 11.9. The number of allylic oxidation sites excluding steroid dienone is 10. The van der Waals surface area contributed by atoms with Crippen molar-refractivity contribution in [2.75, 3.05) is 26.4 Å². The molecule has 0 amide bonds. The molecule has 0 aromatic rings. The Morgan fingerprint density at radius 3 is 1.29 bits per heavy atom. The fraction of sp³-hybridized carbons (Fsp3) is 0.759. The minimum absolute atomic E-state index is 0.132. The van der Waals surface area contributed by atoms with Gasteiger partial charge in [-0.1, -0.05) is 191 Å². The second kappa shape index (κ2) is 48.6. The van der Waals surface area contributed by atoms with Gasteiger partial charge >= 0.3 is 25.7 Å². The molecule has 0 bridgehead atoms. The van der Waals surface area contributed by atoms with E-state index in [1.807, 2.05) is 0 Å². The summed E-state index contributed by atoms with van der Waals surface area (Å²) in [6.45, 7) is 4.41. The molecule has 0 heterocycles. The SMILES string of the molecule is CC/C=C\C/C=C\C/C=C\CCCCCC(=O)OC(COC(=O)CCCCCCCCCCCCCCC)COP(=O)(O)OCC(CO)OC(=O)CCCCCCC/C=C\C/C=C\CCC. The maximum Gasteiger partial charge on any atom is 0.472 e. The number of unbranched alkanes of at least 4 members (excludes halogenated alkanes) is 21. The van der Waals surface area contributed by atoms with Crippen molar-refractivity contribution in [2.45, 2.75) is 238 Å². The Balaban J connectivity index is 4.77. The van der Waals surface area contributed by atoms with Gasteiger partial charge in [0.2, 0.25) is 0 Å². The zero-order valence-corrected chi connectivity index (χ0v) is 42.8. The monoisotopic (exact) mass is 951 g/mol. The molecule has 0 aromatic heterocycles. The Labute approximate surface area is 402 Å². The molecule has 66 heavy (non-hydrogen) atoms. The van der Waals surface area contributed by atoms with E-state index < -0.39 is 57.8 Å². The molecule has 2 N–H and O–H groups in total. The molecule has 0 fully saturated rings. The van der Waals surface area contributed by atoms with E-state index in [-0.39, 0.29) is 25.9 Å². The molecule has 0 radical (unpaired) electrons. The highest BCUT2D eigenvalue weighted by Crippen LogP contribution is 2.43. The first kappa shape index (κ1) is 63.2. The van der Waals surface area contributed by atoms with E-state index >= 15 is 0 Å². The first-order valence-electron chi connectivity index (χ1n) is 26.2. The minimum Gasteiger partial charge on any atom is -0.462 e. The predicted octanol–water partition coefficient (Wildman–Crippen LogP) is 14.8. The van der Waals surface area contributed by atoms with E-state index in [1.165, 1.54) is 64.2 Å². The number of carbonyl (C=O) groups excluding carboxylic acids is 3. The lowest BCUT2D eigenvalue weighted by atomic mass is 10.0. The number of phosphoric ester groups is 1. The van der Waals surface area contributed by atoms with Crippen LogP contribution in [0.15, 0.2) is 60.8 Å². The molecule has 0 rings (SSSR count). The van der Waals surface area contributed by atoms with Gasteiger partial charge < -0.3 is 24.2 Å². The minimum atomic E-state index is -4.75. The topological polar surface area (TPSA) is 155 Å². The van der Waals surface area contributed by atoms with Gasteiger partial charge in [0.1, 0.15) is 12.7 Å². The number of hydrogen-bond donors (Lipinski definition) is 2. The fourth-order valence-corrected chi connectivity index (χ4v) is 7.72. The summed E-state index contributed by atoms with van der Waals surface area (Å²) in [7, 11) is -4.75. The summed E-state index contributed by atoms with van der Waals surface area (Å²) in [5.41, 5.74) is 0. The van der Waals surface area contributed by atoms with Crippen LogP contribution in [0.25, 0.3) is 0 Å². The molecule has 3 atom stereocenters. The summed E-state index contributed by atoms with van der Waals surface area (Å²) in [4.78, 5) is 48.3. The lowest BCUT2D eigenvalue weighted by molar-refractivity contribution is -0.161. The quantitative estimate of drug-likeness (QED) is 0.0197. The maximum atomic E-state index is 12.8. The summed E-state index contributed by atoms with van der Waals surface area (Å²) in [6.07, 6.45) is 50.5. The highest BCUT2D eigenvalue weighted by molar-refractivity contribution is 7.47. The molecule has 0 aliphatic rings. The summed E-state index contributed by atoms with van der Waals surface area (Å²) in [6, 6.07) is 0. The zero-order valence-electron chi connectivity index (χ0n) is 41.9. The fourth-order valence-electron chi connectivity index (χ4n) is 6.94. The number of esters is 3. The van der Waals surface area contributed by atoms with Gasteiger partial charge in [0, 0.05) is 19.3 Å². The van der Waals surface area contributed by atoms with Gasteiger partial charge in [-0.25, -0.2) is 4.57 Å². The van der Waals surface area contributed by atoms with Crippen molar-refractivity contribution >= 4 is 25.7 Å². The van der Waals surface area contributed by atoms with E-state index in [1.54, 1.807) is 0 Å². The standard InChI is InChI=1S/C54H95O11P/c1-4-7-10-13-16-19-22-25-28-31-34-37-40-43-52(56)61-47-51(65-54(58)45-42-39-36-33-30-27-24-21-18-15-12-9-6-3)49-63-66(59,60)62-48-50(46-55)64-53(57)44-41-38-35-32-29-26-23-20-17-14-11-8-5-2/h9,11-12,14,18,20-21,23,27,30,50-51,55H,4-8,10,13,15-17,19,22,24-26,28-29,31-49H2,1-3H3,(H,59,60)/b12-9-,14-11-,21-18-,23-20-,30-27-. The summed E-state index contributed by atoms with van der Waals surface area (Å²) in [5, 5.41) is 9.77. The van der Waals surface area contributed by atoms with Gasteiger partial charge in [0.05, 0.1) is 19.8 Å². The molecule has 0 spiro atoms. The van der Waals surface area contributed by atoms with Gasteiger partial charge in [-0.3, -0.25) is 23.4 Å². The van der Waals surface area contributed by atoms with Crippen LogP contribution in [0.5, 0.6) is 0 Å². The van der Waals surface area contributed by atoms with E-state index in [0.29, 0.717) is 19.3 Å². The summed E-state index contributed by atoms with van der Waals surface area (Å²) in [5.74, 6) is -1.51. The Bertz CT molecular complexity index is 1340. The van der Waals surface area contributed by atoms with Crippen LogP contribution in [-0.4, -0.2) is 66.5 Å². The van der Waals surface area contributed by atoms with Gasteiger partial charge in [0.25, 0.3) is 0 Å². The highest BCUT2D eigenvalue weighted by Gasteiger charge is 2.28. The maximum absolute atomic E-state index is 12.8. The molecule has 382 valence electrons. The molecular weight excluding hydrogens is 856 g/mol. The molecule has 0 saturated carbocycles. The third kappa shape index (κ3) is 46.3. The Kier molecular flexibility index (Phi) is 46.6. The van der Waals surface area contributed by atoms with Crippen molar-refractivity contribution < 1.29 is 52.2 Å². The van der Waals surface area contributed by atoms with E-state index in [2.05, 4.69) is 81.5 Å². The normalized spacial score (nSPS) is 14.0. The van der Waals surface area contributed by atoms with E-state index in [4.69, 9.17) is 23.3 Å². The van der Waals surface area contributed by atoms with Crippen molar-refractivity contribution in [3.63, 3.8) is 0 Å². The number of phosphoric acid groups is 1. The average molecular weight is 951 g/mol. The van der Waals surface area contributed by atoms with Crippen LogP contribution >= 0.6 is 7.82 Å². The van der Waals surface area contributed by atoms with Gasteiger partial charge in [-0.2, -0.15) is 0 Å². The smallest absolute Gasteiger partial charge is 0.462 e. The van der Waals surface area contributed by atoms with Crippen LogP contribution in [0.1, 0.15) is 226 Å². The third-order valence-electron chi connectivity index (χ3n) is 10.9. The predicted molar refractivity (Wildman–Crippen MR) is 270 cm³/mol. The number of ether oxygens (including phenoxy) is 3. The summed E-state index contributed by atoms with van der Waals surface area (Å²) >= 11 is 0.